The van der Waals surface area contributed by atoms with Gasteiger partial charge in [0.15, 0.2) is 0 Å². The van der Waals surface area contributed by atoms with Crippen LogP contribution in [0.15, 0.2) is 24.4 Å². The largest absolute Gasteiger partial charge is 0.337 e. The summed E-state index contributed by atoms with van der Waals surface area (Å²) in [6.45, 7) is 1.27. The highest BCUT2D eigenvalue weighted by atomic mass is 19.1. The van der Waals surface area contributed by atoms with Crippen molar-refractivity contribution in [2.24, 2.45) is 7.05 Å². The van der Waals surface area contributed by atoms with Gasteiger partial charge >= 0.3 is 0 Å². The first-order valence-electron chi connectivity index (χ1n) is 7.95. The van der Waals surface area contributed by atoms with Crippen molar-refractivity contribution < 1.29 is 13.6 Å². The molecule has 128 valence electrons. The fourth-order valence-electron chi connectivity index (χ4n) is 3.09. The highest BCUT2D eigenvalue weighted by molar-refractivity contribution is 6.00. The Bertz CT molecular complexity index is 759. The Balaban J connectivity index is 1.95. The summed E-state index contributed by atoms with van der Waals surface area (Å²) < 4.78 is 28.8. The van der Waals surface area contributed by atoms with Crippen molar-refractivity contribution in [2.75, 3.05) is 20.1 Å². The minimum Gasteiger partial charge on any atom is -0.337 e. The average Bonchev–Trinajstić information content (AvgIpc) is 2.95. The fraction of sp³-hybridized carbons (Fsp3) is 0.412. The molecule has 7 heteroatoms. The van der Waals surface area contributed by atoms with E-state index in [4.69, 9.17) is 0 Å². The molecule has 0 bridgehead atoms. The number of hydrogen-bond donors (Lipinski definition) is 1. The van der Waals surface area contributed by atoms with Gasteiger partial charge < -0.3 is 10.2 Å². The molecule has 2 heterocycles. The highest BCUT2D eigenvalue weighted by Gasteiger charge is 2.27. The Labute approximate surface area is 139 Å². The second-order valence-corrected chi connectivity index (χ2v) is 6.07. The number of nitrogens with zero attached hydrogens (tertiary/aromatic N) is 3. The van der Waals surface area contributed by atoms with Gasteiger partial charge in [0.25, 0.3) is 5.91 Å². The molecule has 1 fully saturated rings. The van der Waals surface area contributed by atoms with Gasteiger partial charge in [-0.15, -0.1) is 0 Å². The molecule has 5 nitrogen and oxygen atoms in total. The number of amides is 1. The summed E-state index contributed by atoms with van der Waals surface area (Å²) in [4.78, 5) is 14.7. The van der Waals surface area contributed by atoms with Gasteiger partial charge in [-0.05, 0) is 32.0 Å². The Hall–Kier alpha value is -2.28. The minimum absolute atomic E-state index is 0.127. The molecular weight excluding hydrogens is 314 g/mol. The molecule has 0 aliphatic carbocycles. The Morgan fingerprint density at radius 1 is 1.38 bits per heavy atom. The first-order valence-corrected chi connectivity index (χ1v) is 7.95. The fourth-order valence-corrected chi connectivity index (χ4v) is 3.09. The van der Waals surface area contributed by atoms with Crippen LogP contribution in [0.25, 0.3) is 11.3 Å². The van der Waals surface area contributed by atoms with Crippen LogP contribution in [-0.2, 0) is 7.05 Å². The van der Waals surface area contributed by atoms with Crippen molar-refractivity contribution in [3.63, 3.8) is 0 Å². The number of rotatable bonds is 3. The van der Waals surface area contributed by atoms with Gasteiger partial charge in [-0.25, -0.2) is 8.78 Å². The lowest BCUT2D eigenvalue weighted by Crippen LogP contribution is -2.47. The van der Waals surface area contributed by atoms with Crippen LogP contribution >= 0.6 is 0 Å². The lowest BCUT2D eigenvalue weighted by atomic mass is 10.0. The van der Waals surface area contributed by atoms with Crippen molar-refractivity contribution in [2.45, 2.75) is 18.9 Å². The Kier molecular flexibility index (Phi) is 4.62. The average molecular weight is 334 g/mol. The predicted molar refractivity (Wildman–Crippen MR) is 86.5 cm³/mol. The maximum Gasteiger partial charge on any atom is 0.257 e. The van der Waals surface area contributed by atoms with E-state index in [1.165, 1.54) is 16.8 Å². The SMILES string of the molecule is CN[C@H]1CCCN(C(=O)c2cn(C)nc2-c2ccc(F)cc2F)C1. The molecular formula is C17H20F2N4O. The number of piperidine rings is 1. The number of aryl methyl sites for hydroxylation is 1. The zero-order valence-electron chi connectivity index (χ0n) is 13.7. The zero-order chi connectivity index (χ0) is 17.3. The summed E-state index contributed by atoms with van der Waals surface area (Å²) >= 11 is 0. The van der Waals surface area contributed by atoms with Gasteiger partial charge in [0.1, 0.15) is 17.3 Å². The van der Waals surface area contributed by atoms with E-state index >= 15 is 0 Å². The quantitative estimate of drug-likeness (QED) is 0.936. The van der Waals surface area contributed by atoms with Gasteiger partial charge in [0.2, 0.25) is 0 Å². The molecule has 0 radical (unpaired) electrons. The van der Waals surface area contributed by atoms with Crippen molar-refractivity contribution in [1.82, 2.24) is 20.0 Å². The molecule has 3 rings (SSSR count). The van der Waals surface area contributed by atoms with E-state index in [1.807, 2.05) is 7.05 Å². The number of hydrogen-bond acceptors (Lipinski definition) is 3. The predicted octanol–water partition coefficient (Wildman–Crippen LogP) is 2.19. The lowest BCUT2D eigenvalue weighted by Gasteiger charge is -2.32. The van der Waals surface area contributed by atoms with Gasteiger partial charge in [-0.1, -0.05) is 0 Å². The molecule has 1 aromatic heterocycles. The molecule has 0 unspecified atom stereocenters. The third-order valence-corrected chi connectivity index (χ3v) is 4.36. The van der Waals surface area contributed by atoms with E-state index in [9.17, 15) is 13.6 Å². The normalized spacial score (nSPS) is 18.0. The minimum atomic E-state index is -0.727. The van der Waals surface area contributed by atoms with Gasteiger partial charge in [-0.3, -0.25) is 9.48 Å². The number of nitrogens with one attached hydrogen (secondary N) is 1. The molecule has 1 aliphatic rings. The van der Waals surface area contributed by atoms with Crippen molar-refractivity contribution in [3.8, 4) is 11.3 Å². The number of likely N-dealkylation sites (tertiary alicyclic amines) is 1. The lowest BCUT2D eigenvalue weighted by molar-refractivity contribution is 0.0699. The van der Waals surface area contributed by atoms with E-state index in [0.29, 0.717) is 18.7 Å². The maximum absolute atomic E-state index is 14.1. The molecule has 1 N–H and O–H groups in total. The zero-order valence-corrected chi connectivity index (χ0v) is 13.7. The van der Waals surface area contributed by atoms with Crippen molar-refractivity contribution in [1.29, 1.82) is 0 Å². The monoisotopic (exact) mass is 334 g/mol. The van der Waals surface area contributed by atoms with Crippen LogP contribution in [0.2, 0.25) is 0 Å². The van der Waals surface area contributed by atoms with Crippen LogP contribution in [-0.4, -0.2) is 46.8 Å². The Morgan fingerprint density at radius 3 is 2.88 bits per heavy atom. The van der Waals surface area contributed by atoms with E-state index in [0.717, 1.165) is 18.9 Å². The standard InChI is InChI=1S/C17H20F2N4O/c1-20-12-4-3-7-23(9-12)17(24)14-10-22(2)21-16(14)13-6-5-11(18)8-15(13)19/h5-6,8,10,12,20H,3-4,7,9H2,1-2H3/t12-/m0/s1. The summed E-state index contributed by atoms with van der Waals surface area (Å²) in [5.74, 6) is -1.57. The molecule has 0 saturated carbocycles. The van der Waals surface area contributed by atoms with Crippen LogP contribution in [0, 0.1) is 11.6 Å². The molecule has 1 saturated heterocycles. The third kappa shape index (κ3) is 3.17. The highest BCUT2D eigenvalue weighted by Crippen LogP contribution is 2.27. The smallest absolute Gasteiger partial charge is 0.257 e. The van der Waals surface area contributed by atoms with Crippen molar-refractivity contribution >= 4 is 5.91 Å². The van der Waals surface area contributed by atoms with Crippen LogP contribution in [0.4, 0.5) is 8.78 Å². The molecule has 1 aliphatic heterocycles. The number of benzene rings is 1. The van der Waals surface area contributed by atoms with E-state index in [2.05, 4.69) is 10.4 Å². The number of carbonyl (C=O) groups excluding carboxylic acids is 1. The van der Waals surface area contributed by atoms with E-state index in [-0.39, 0.29) is 23.2 Å². The second-order valence-electron chi connectivity index (χ2n) is 6.07. The third-order valence-electron chi connectivity index (χ3n) is 4.36. The number of halogens is 2. The number of likely N-dealkylation sites (N-methyl/N-ethyl adjacent to an activating group) is 1. The first-order chi connectivity index (χ1) is 11.5. The van der Waals surface area contributed by atoms with Crippen molar-refractivity contribution in [3.05, 3.63) is 41.6 Å². The molecule has 1 atom stereocenters. The van der Waals surface area contributed by atoms with Gasteiger partial charge in [0, 0.05) is 44.0 Å². The van der Waals surface area contributed by atoms with Crippen LogP contribution in [0.1, 0.15) is 23.2 Å². The van der Waals surface area contributed by atoms with Crippen LogP contribution in [0.3, 0.4) is 0 Å². The van der Waals surface area contributed by atoms with Crippen LogP contribution < -0.4 is 5.32 Å². The molecule has 1 aromatic carbocycles. The summed E-state index contributed by atoms with van der Waals surface area (Å²) in [7, 11) is 3.55. The molecule has 2 aromatic rings. The maximum atomic E-state index is 14.1. The summed E-state index contributed by atoms with van der Waals surface area (Å²) in [5, 5.41) is 7.41. The van der Waals surface area contributed by atoms with E-state index < -0.39 is 11.6 Å². The first kappa shape index (κ1) is 16.6. The number of carbonyl (C=O) groups is 1. The summed E-state index contributed by atoms with van der Waals surface area (Å²) in [6, 6.07) is 3.54. The number of aromatic nitrogens is 2. The molecule has 1 amide bonds. The van der Waals surface area contributed by atoms with Gasteiger partial charge in [0.05, 0.1) is 5.56 Å². The van der Waals surface area contributed by atoms with E-state index in [1.54, 1.807) is 18.1 Å². The second kappa shape index (κ2) is 6.68. The van der Waals surface area contributed by atoms with Gasteiger partial charge in [-0.2, -0.15) is 5.10 Å². The topological polar surface area (TPSA) is 50.2 Å². The summed E-state index contributed by atoms with van der Waals surface area (Å²) in [5.41, 5.74) is 0.703. The Morgan fingerprint density at radius 2 is 2.17 bits per heavy atom. The molecule has 24 heavy (non-hydrogen) atoms. The van der Waals surface area contributed by atoms with Crippen LogP contribution in [0.5, 0.6) is 0 Å². The molecule has 0 spiro atoms. The summed E-state index contributed by atoms with van der Waals surface area (Å²) in [6.07, 6.45) is 3.52.